The van der Waals surface area contributed by atoms with Gasteiger partial charge in [0, 0.05) is 17.6 Å². The Bertz CT molecular complexity index is 646. The molecule has 0 aromatic heterocycles. The highest BCUT2D eigenvalue weighted by Gasteiger charge is 2.49. The Morgan fingerprint density at radius 2 is 1.41 bits per heavy atom. The normalized spacial score (nSPS) is 37.4. The van der Waals surface area contributed by atoms with E-state index < -0.39 is 18.9 Å². The monoisotopic (exact) mass is 372 g/mol. The summed E-state index contributed by atoms with van der Waals surface area (Å²) >= 11 is 0. The first-order valence-electron chi connectivity index (χ1n) is 9.34. The lowest BCUT2D eigenvalue weighted by Crippen LogP contribution is -2.30. The zero-order chi connectivity index (χ0) is 19.2. The van der Waals surface area contributed by atoms with Crippen LogP contribution >= 0.6 is 0 Å². The van der Waals surface area contributed by atoms with Gasteiger partial charge in [-0.2, -0.15) is 0 Å². The molecular formula is C22H28O5. The van der Waals surface area contributed by atoms with Crippen LogP contribution in [-0.4, -0.2) is 43.8 Å². The third-order valence-corrected chi connectivity index (χ3v) is 4.74. The fourth-order valence-corrected chi connectivity index (χ4v) is 3.29. The Hall–Kier alpha value is -1.76. The fraction of sp³-hybridized carbons (Fsp3) is 0.455. The maximum Gasteiger partial charge on any atom is 0.187 e. The van der Waals surface area contributed by atoms with Gasteiger partial charge >= 0.3 is 0 Å². The van der Waals surface area contributed by atoms with Crippen LogP contribution in [0.3, 0.4) is 0 Å². The van der Waals surface area contributed by atoms with E-state index in [9.17, 15) is 0 Å². The standard InChI is InChI=1S/C22H28O5/c1-5-9-11-15(7-3)20-23-14-19(26-20)17-13-18-22(24-17)27-21(25-18)16(8-4)12-10-6-2/h5-12,17-22H,3-4,13-14H2,1-2H3/b9-5-,10-6-,15-11+,16-12+. The Morgan fingerprint density at radius 3 is 2.00 bits per heavy atom. The molecule has 0 aliphatic carbocycles. The zero-order valence-corrected chi connectivity index (χ0v) is 16.0. The smallest absolute Gasteiger partial charge is 0.187 e. The lowest BCUT2D eigenvalue weighted by molar-refractivity contribution is -0.164. The summed E-state index contributed by atoms with van der Waals surface area (Å²) in [5, 5.41) is 0. The molecule has 3 heterocycles. The molecular weight excluding hydrogens is 344 g/mol. The van der Waals surface area contributed by atoms with Gasteiger partial charge in [-0.3, -0.25) is 0 Å². The molecule has 5 nitrogen and oxygen atoms in total. The van der Waals surface area contributed by atoms with Crippen LogP contribution in [0.2, 0.25) is 0 Å². The molecule has 0 N–H and O–H groups in total. The molecule has 3 aliphatic heterocycles. The quantitative estimate of drug-likeness (QED) is 0.633. The molecule has 3 saturated heterocycles. The van der Waals surface area contributed by atoms with Gasteiger partial charge in [0.05, 0.1) is 12.7 Å². The molecule has 0 bridgehead atoms. The molecule has 0 saturated carbocycles. The maximum atomic E-state index is 6.05. The molecule has 3 rings (SSSR count). The molecule has 0 amide bonds. The third-order valence-electron chi connectivity index (χ3n) is 4.74. The average Bonchev–Trinajstić information content (AvgIpc) is 3.37. The summed E-state index contributed by atoms with van der Waals surface area (Å²) in [6.45, 7) is 12.0. The molecule has 3 aliphatic rings. The van der Waals surface area contributed by atoms with E-state index in [0.717, 1.165) is 11.1 Å². The highest BCUT2D eigenvalue weighted by Crippen LogP contribution is 2.38. The van der Waals surface area contributed by atoms with Crippen LogP contribution in [0.4, 0.5) is 0 Å². The van der Waals surface area contributed by atoms with E-state index in [1.165, 1.54) is 0 Å². The molecule has 0 spiro atoms. The molecule has 0 radical (unpaired) electrons. The van der Waals surface area contributed by atoms with E-state index in [-0.39, 0.29) is 18.3 Å². The number of hydrogen-bond acceptors (Lipinski definition) is 5. The van der Waals surface area contributed by atoms with Crippen molar-refractivity contribution in [2.45, 2.75) is 57.5 Å². The predicted molar refractivity (Wildman–Crippen MR) is 104 cm³/mol. The Labute approximate surface area is 161 Å². The first kappa shape index (κ1) is 20.0. The number of allylic oxidation sites excluding steroid dienone is 6. The summed E-state index contributed by atoms with van der Waals surface area (Å²) in [5.74, 6) is 0. The van der Waals surface area contributed by atoms with Gasteiger partial charge in [0.25, 0.3) is 0 Å². The van der Waals surface area contributed by atoms with E-state index in [1.54, 1.807) is 12.2 Å². The van der Waals surface area contributed by atoms with Gasteiger partial charge in [0.1, 0.15) is 12.2 Å². The Balaban J connectivity index is 1.55. The summed E-state index contributed by atoms with van der Waals surface area (Å²) in [4.78, 5) is 0. The van der Waals surface area contributed by atoms with Gasteiger partial charge in [-0.25, -0.2) is 0 Å². The molecule has 6 atom stereocenters. The van der Waals surface area contributed by atoms with Crippen LogP contribution in [0.25, 0.3) is 0 Å². The SMILES string of the molecule is C=C/C(=C\C=C/C)C1OCC(C2CC3OC(/C(C=C)=C/C=C\C)OC3O2)O1. The van der Waals surface area contributed by atoms with Crippen LogP contribution in [0.5, 0.6) is 0 Å². The van der Waals surface area contributed by atoms with Crippen LogP contribution in [-0.2, 0) is 23.7 Å². The predicted octanol–water partition coefficient (Wildman–Crippen LogP) is 3.96. The van der Waals surface area contributed by atoms with Crippen LogP contribution < -0.4 is 0 Å². The van der Waals surface area contributed by atoms with Crippen molar-refractivity contribution >= 4 is 0 Å². The first-order valence-corrected chi connectivity index (χ1v) is 9.34. The van der Waals surface area contributed by atoms with Gasteiger partial charge in [0.2, 0.25) is 0 Å². The van der Waals surface area contributed by atoms with Gasteiger partial charge in [0.15, 0.2) is 18.9 Å². The van der Waals surface area contributed by atoms with Crippen molar-refractivity contribution in [1.82, 2.24) is 0 Å². The van der Waals surface area contributed by atoms with Crippen LogP contribution in [0.1, 0.15) is 20.3 Å². The van der Waals surface area contributed by atoms with E-state index in [1.807, 2.05) is 50.3 Å². The fourth-order valence-electron chi connectivity index (χ4n) is 3.29. The summed E-state index contributed by atoms with van der Waals surface area (Å²) in [7, 11) is 0. The second-order valence-electron chi connectivity index (χ2n) is 6.55. The largest absolute Gasteiger partial charge is 0.346 e. The summed E-state index contributed by atoms with van der Waals surface area (Å²) < 4.78 is 29.8. The summed E-state index contributed by atoms with van der Waals surface area (Å²) in [6, 6.07) is 0. The molecule has 3 fully saturated rings. The van der Waals surface area contributed by atoms with E-state index in [0.29, 0.717) is 13.0 Å². The number of hydrogen-bond donors (Lipinski definition) is 0. The lowest BCUT2D eigenvalue weighted by atomic mass is 10.1. The zero-order valence-electron chi connectivity index (χ0n) is 16.0. The van der Waals surface area contributed by atoms with Gasteiger partial charge < -0.3 is 23.7 Å². The second kappa shape index (κ2) is 9.44. The summed E-state index contributed by atoms with van der Waals surface area (Å²) in [6.07, 6.45) is 14.2. The molecule has 27 heavy (non-hydrogen) atoms. The molecule has 6 unspecified atom stereocenters. The molecule has 5 heteroatoms. The average molecular weight is 372 g/mol. The van der Waals surface area contributed by atoms with Crippen molar-refractivity contribution in [3.05, 3.63) is 72.9 Å². The van der Waals surface area contributed by atoms with Crippen molar-refractivity contribution in [2.75, 3.05) is 6.61 Å². The van der Waals surface area contributed by atoms with E-state index >= 15 is 0 Å². The summed E-state index contributed by atoms with van der Waals surface area (Å²) in [5.41, 5.74) is 1.78. The Kier molecular flexibility index (Phi) is 6.99. The van der Waals surface area contributed by atoms with Crippen molar-refractivity contribution in [1.29, 1.82) is 0 Å². The number of rotatable bonds is 7. The minimum absolute atomic E-state index is 0.117. The molecule has 0 aromatic carbocycles. The van der Waals surface area contributed by atoms with Gasteiger partial charge in [-0.05, 0) is 13.8 Å². The van der Waals surface area contributed by atoms with Crippen molar-refractivity contribution in [2.24, 2.45) is 0 Å². The maximum absolute atomic E-state index is 6.05. The van der Waals surface area contributed by atoms with Crippen molar-refractivity contribution in [3.8, 4) is 0 Å². The minimum atomic E-state index is -0.445. The van der Waals surface area contributed by atoms with Crippen LogP contribution in [0, 0.1) is 0 Å². The van der Waals surface area contributed by atoms with Crippen molar-refractivity contribution in [3.63, 3.8) is 0 Å². The lowest BCUT2D eigenvalue weighted by Gasteiger charge is -2.20. The Morgan fingerprint density at radius 1 is 0.778 bits per heavy atom. The second-order valence-corrected chi connectivity index (χ2v) is 6.55. The first-order chi connectivity index (χ1) is 13.2. The molecule has 0 aromatic rings. The molecule has 146 valence electrons. The third kappa shape index (κ3) is 4.57. The van der Waals surface area contributed by atoms with Gasteiger partial charge in [-0.15, -0.1) is 0 Å². The highest BCUT2D eigenvalue weighted by atomic mass is 16.8. The number of ether oxygens (including phenoxy) is 5. The van der Waals surface area contributed by atoms with Crippen LogP contribution in [0.15, 0.2) is 72.9 Å². The van der Waals surface area contributed by atoms with E-state index in [2.05, 4.69) is 13.2 Å². The number of fused-ring (bicyclic) bond motifs is 1. The van der Waals surface area contributed by atoms with E-state index in [4.69, 9.17) is 23.7 Å². The van der Waals surface area contributed by atoms with Gasteiger partial charge in [-0.1, -0.05) is 61.8 Å². The topological polar surface area (TPSA) is 46.2 Å². The van der Waals surface area contributed by atoms with Crippen molar-refractivity contribution < 1.29 is 23.7 Å². The minimum Gasteiger partial charge on any atom is -0.346 e. The highest BCUT2D eigenvalue weighted by molar-refractivity contribution is 5.26.